The number of halogens is 2. The molecule has 3 heterocycles. The summed E-state index contributed by atoms with van der Waals surface area (Å²) in [5.41, 5.74) is 2.03. The van der Waals surface area contributed by atoms with Gasteiger partial charge in [0.2, 0.25) is 11.9 Å². The highest BCUT2D eigenvalue weighted by Crippen LogP contribution is 2.33. The van der Waals surface area contributed by atoms with Gasteiger partial charge in [-0.2, -0.15) is 0 Å². The number of imidazole rings is 1. The van der Waals surface area contributed by atoms with E-state index >= 15 is 0 Å². The van der Waals surface area contributed by atoms with Gasteiger partial charge in [0, 0.05) is 31.6 Å². The molecule has 1 aromatic carbocycles. The molecule has 0 spiro atoms. The number of nitrogens with one attached hydrogen (secondary N) is 2. The van der Waals surface area contributed by atoms with Crippen LogP contribution >= 0.6 is 24.8 Å². The molecule has 2 atom stereocenters. The van der Waals surface area contributed by atoms with Gasteiger partial charge in [0.1, 0.15) is 0 Å². The van der Waals surface area contributed by atoms with Crippen molar-refractivity contribution in [2.45, 2.75) is 64.6 Å². The number of anilines is 1. The van der Waals surface area contributed by atoms with E-state index in [1.54, 1.807) is 0 Å². The molecule has 2 saturated heterocycles. The second-order valence-electron chi connectivity index (χ2n) is 8.33. The molecular weight excluding hydrogens is 421 g/mol. The number of fused-ring (bicyclic) bond motifs is 3. The van der Waals surface area contributed by atoms with E-state index in [0.717, 1.165) is 50.1 Å². The molecule has 2 unspecified atom stereocenters. The first-order valence-electron chi connectivity index (χ1n) is 10.9. The highest BCUT2D eigenvalue weighted by molar-refractivity contribution is 5.91. The summed E-state index contributed by atoms with van der Waals surface area (Å²) in [7, 11) is 0. The SMILES string of the molecule is CCN(CC)CCn1c(NC(=O)CC2CC3CCC(C2)N3)nc2ccccc21.Cl.Cl. The molecule has 30 heavy (non-hydrogen) atoms. The topological polar surface area (TPSA) is 62.2 Å². The maximum Gasteiger partial charge on any atom is 0.226 e. The first-order chi connectivity index (χ1) is 13.7. The van der Waals surface area contributed by atoms with Gasteiger partial charge < -0.3 is 14.8 Å². The van der Waals surface area contributed by atoms with E-state index in [-0.39, 0.29) is 30.7 Å². The number of carbonyl (C=O) groups is 1. The van der Waals surface area contributed by atoms with E-state index in [9.17, 15) is 4.79 Å². The van der Waals surface area contributed by atoms with Crippen molar-refractivity contribution >= 4 is 47.7 Å². The zero-order valence-corrected chi connectivity index (χ0v) is 19.6. The molecule has 2 fully saturated rings. The van der Waals surface area contributed by atoms with Gasteiger partial charge in [0.15, 0.2) is 0 Å². The van der Waals surface area contributed by atoms with Gasteiger partial charge in [-0.15, -0.1) is 24.8 Å². The molecule has 2 aliphatic heterocycles. The molecular formula is C22H35Cl2N5O. The van der Waals surface area contributed by atoms with Crippen molar-refractivity contribution in [1.29, 1.82) is 0 Å². The minimum Gasteiger partial charge on any atom is -0.311 e. The van der Waals surface area contributed by atoms with Crippen LogP contribution in [0.3, 0.4) is 0 Å². The molecule has 168 valence electrons. The Morgan fingerprint density at radius 1 is 1.17 bits per heavy atom. The zero-order valence-electron chi connectivity index (χ0n) is 18.0. The predicted octanol–water partition coefficient (Wildman–Crippen LogP) is 4.08. The van der Waals surface area contributed by atoms with Crippen molar-refractivity contribution in [2.24, 2.45) is 5.92 Å². The Morgan fingerprint density at radius 2 is 1.83 bits per heavy atom. The average Bonchev–Trinajstić information content (AvgIpc) is 3.21. The summed E-state index contributed by atoms with van der Waals surface area (Å²) in [6.07, 6.45) is 5.40. The van der Waals surface area contributed by atoms with Gasteiger partial charge in [-0.1, -0.05) is 26.0 Å². The largest absolute Gasteiger partial charge is 0.311 e. The quantitative estimate of drug-likeness (QED) is 0.629. The van der Waals surface area contributed by atoms with Crippen molar-refractivity contribution in [3.63, 3.8) is 0 Å². The monoisotopic (exact) mass is 455 g/mol. The lowest BCUT2D eigenvalue weighted by molar-refractivity contribution is -0.117. The maximum atomic E-state index is 12.8. The lowest BCUT2D eigenvalue weighted by Gasteiger charge is -2.28. The average molecular weight is 456 g/mol. The van der Waals surface area contributed by atoms with Crippen LogP contribution in [-0.2, 0) is 11.3 Å². The van der Waals surface area contributed by atoms with Gasteiger partial charge >= 0.3 is 0 Å². The molecule has 2 aliphatic rings. The van der Waals surface area contributed by atoms with Crippen LogP contribution in [0.15, 0.2) is 24.3 Å². The Labute approximate surface area is 192 Å². The van der Waals surface area contributed by atoms with E-state index in [1.807, 2.05) is 18.2 Å². The van der Waals surface area contributed by atoms with Crippen LogP contribution < -0.4 is 10.6 Å². The number of hydrogen-bond donors (Lipinski definition) is 2. The summed E-state index contributed by atoms with van der Waals surface area (Å²) >= 11 is 0. The summed E-state index contributed by atoms with van der Waals surface area (Å²) in [5, 5.41) is 6.79. The van der Waals surface area contributed by atoms with Gasteiger partial charge in [0.25, 0.3) is 0 Å². The summed E-state index contributed by atoms with van der Waals surface area (Å²) < 4.78 is 2.16. The van der Waals surface area contributed by atoms with E-state index in [1.165, 1.54) is 12.8 Å². The number of aromatic nitrogens is 2. The third-order valence-corrected chi connectivity index (χ3v) is 6.48. The highest BCUT2D eigenvalue weighted by atomic mass is 35.5. The number of nitrogens with zero attached hydrogens (tertiary/aromatic N) is 3. The smallest absolute Gasteiger partial charge is 0.226 e. The molecule has 2 N–H and O–H groups in total. The van der Waals surface area contributed by atoms with Crippen molar-refractivity contribution in [1.82, 2.24) is 19.8 Å². The van der Waals surface area contributed by atoms with Gasteiger partial charge in [-0.25, -0.2) is 4.98 Å². The highest BCUT2D eigenvalue weighted by Gasteiger charge is 2.34. The summed E-state index contributed by atoms with van der Waals surface area (Å²) in [4.78, 5) is 19.9. The van der Waals surface area contributed by atoms with Crippen LogP contribution in [0.4, 0.5) is 5.95 Å². The number of hydrogen-bond acceptors (Lipinski definition) is 4. The zero-order chi connectivity index (χ0) is 19.5. The normalized spacial score (nSPS) is 22.6. The fraction of sp³-hybridized carbons (Fsp3) is 0.636. The minimum absolute atomic E-state index is 0. The molecule has 0 radical (unpaired) electrons. The second kappa shape index (κ2) is 11.3. The van der Waals surface area contributed by atoms with Crippen molar-refractivity contribution in [2.75, 3.05) is 25.0 Å². The third-order valence-electron chi connectivity index (χ3n) is 6.48. The number of benzene rings is 1. The molecule has 8 heteroatoms. The van der Waals surface area contributed by atoms with E-state index in [0.29, 0.717) is 30.4 Å². The summed E-state index contributed by atoms with van der Waals surface area (Å²) in [6.45, 7) is 8.21. The number of amides is 1. The number of carbonyl (C=O) groups excluding carboxylic acids is 1. The van der Waals surface area contributed by atoms with E-state index in [4.69, 9.17) is 4.98 Å². The molecule has 0 aliphatic carbocycles. The number of likely N-dealkylation sites (N-methyl/N-ethyl adjacent to an activating group) is 1. The number of rotatable bonds is 8. The molecule has 2 bridgehead atoms. The standard InChI is InChI=1S/C22H33N5O.2ClH/c1-3-26(4-2)11-12-27-20-8-6-5-7-19(20)24-22(27)25-21(28)15-16-13-17-9-10-18(14-16)23-17;;/h5-8,16-18,23H,3-4,9-15H2,1-2H3,(H,24,25,28);2*1H. The number of piperidine rings is 1. The van der Waals surface area contributed by atoms with Crippen LogP contribution in [-0.4, -0.2) is 52.1 Å². The molecule has 0 saturated carbocycles. The lowest BCUT2D eigenvalue weighted by atomic mass is 9.89. The second-order valence-corrected chi connectivity index (χ2v) is 8.33. The fourth-order valence-corrected chi connectivity index (χ4v) is 4.96. The Balaban J connectivity index is 0.00000160. The molecule has 1 amide bonds. The third kappa shape index (κ3) is 5.67. The first kappa shape index (κ1) is 24.9. The Bertz CT molecular complexity index is 811. The van der Waals surface area contributed by atoms with Crippen molar-refractivity contribution < 1.29 is 4.79 Å². The van der Waals surface area contributed by atoms with Crippen molar-refractivity contribution in [3.05, 3.63) is 24.3 Å². The van der Waals surface area contributed by atoms with Crippen LogP contribution in [0.1, 0.15) is 46.0 Å². The Morgan fingerprint density at radius 3 is 2.50 bits per heavy atom. The Hall–Kier alpha value is -1.34. The lowest BCUT2D eigenvalue weighted by Crippen LogP contribution is -2.39. The minimum atomic E-state index is 0. The summed E-state index contributed by atoms with van der Waals surface area (Å²) in [6, 6.07) is 9.38. The van der Waals surface area contributed by atoms with Gasteiger partial charge in [0.05, 0.1) is 11.0 Å². The van der Waals surface area contributed by atoms with Crippen LogP contribution in [0, 0.1) is 5.92 Å². The van der Waals surface area contributed by atoms with Crippen LogP contribution in [0.25, 0.3) is 11.0 Å². The van der Waals surface area contributed by atoms with Gasteiger partial charge in [-0.3, -0.25) is 10.1 Å². The first-order valence-corrected chi connectivity index (χ1v) is 10.9. The molecule has 1 aromatic heterocycles. The van der Waals surface area contributed by atoms with Crippen LogP contribution in [0.2, 0.25) is 0 Å². The Kier molecular flexibility index (Phi) is 9.41. The number of para-hydroxylation sites is 2. The molecule has 2 aromatic rings. The van der Waals surface area contributed by atoms with Crippen molar-refractivity contribution in [3.8, 4) is 0 Å². The predicted molar refractivity (Wildman–Crippen MR) is 128 cm³/mol. The molecule has 6 nitrogen and oxygen atoms in total. The fourth-order valence-electron chi connectivity index (χ4n) is 4.96. The molecule has 4 rings (SSSR count). The maximum absolute atomic E-state index is 12.8. The van der Waals surface area contributed by atoms with E-state index < -0.39 is 0 Å². The van der Waals surface area contributed by atoms with Gasteiger partial charge in [-0.05, 0) is 56.8 Å². The summed E-state index contributed by atoms with van der Waals surface area (Å²) in [5.74, 6) is 1.29. The van der Waals surface area contributed by atoms with E-state index in [2.05, 4.69) is 40.0 Å². The van der Waals surface area contributed by atoms with Crippen LogP contribution in [0.5, 0.6) is 0 Å².